The first kappa shape index (κ1) is 15.7. The summed E-state index contributed by atoms with van der Waals surface area (Å²) in [6.07, 6.45) is 0.911. The number of amides is 1. The Kier molecular flexibility index (Phi) is 4.21. The average Bonchev–Trinajstić information content (AvgIpc) is 3.07. The van der Waals surface area contributed by atoms with E-state index >= 15 is 0 Å². The number of aromatic nitrogens is 4. The van der Waals surface area contributed by atoms with Gasteiger partial charge >= 0.3 is 0 Å². The molecule has 0 aliphatic carbocycles. The smallest absolute Gasteiger partial charge is 0.272 e. The molecule has 0 fully saturated rings. The van der Waals surface area contributed by atoms with Gasteiger partial charge in [0.25, 0.3) is 5.91 Å². The van der Waals surface area contributed by atoms with E-state index in [2.05, 4.69) is 32.6 Å². The Morgan fingerprint density at radius 1 is 1.48 bits per heavy atom. The summed E-state index contributed by atoms with van der Waals surface area (Å²) in [4.78, 5) is 14.7. The predicted molar refractivity (Wildman–Crippen MR) is 87.4 cm³/mol. The molecule has 23 heavy (non-hydrogen) atoms. The van der Waals surface area contributed by atoms with Crippen molar-refractivity contribution in [3.63, 3.8) is 0 Å². The van der Waals surface area contributed by atoms with Crippen LogP contribution in [0, 0.1) is 13.8 Å². The number of hydrogen-bond acceptors (Lipinski definition) is 4. The van der Waals surface area contributed by atoms with Crippen LogP contribution in [-0.4, -0.2) is 50.9 Å². The van der Waals surface area contributed by atoms with Crippen LogP contribution in [0.15, 0.2) is 6.07 Å². The highest BCUT2D eigenvalue weighted by molar-refractivity contribution is 5.94. The lowest BCUT2D eigenvalue weighted by atomic mass is 10.1. The van der Waals surface area contributed by atoms with Gasteiger partial charge < -0.3 is 10.2 Å². The van der Waals surface area contributed by atoms with E-state index < -0.39 is 0 Å². The van der Waals surface area contributed by atoms with Crippen LogP contribution in [0.3, 0.4) is 0 Å². The minimum Gasteiger partial charge on any atom is -0.348 e. The maximum absolute atomic E-state index is 12.5. The molecule has 0 saturated heterocycles. The Hall–Kier alpha value is -2.15. The molecule has 2 aromatic rings. The number of carbonyl (C=O) groups is 1. The second kappa shape index (κ2) is 6.16. The van der Waals surface area contributed by atoms with Gasteiger partial charge in [-0.3, -0.25) is 14.6 Å². The topological polar surface area (TPSA) is 78.8 Å². The van der Waals surface area contributed by atoms with Gasteiger partial charge in [0.05, 0.1) is 11.7 Å². The van der Waals surface area contributed by atoms with Crippen molar-refractivity contribution in [1.82, 2.24) is 30.2 Å². The van der Waals surface area contributed by atoms with Crippen LogP contribution >= 0.6 is 0 Å². The van der Waals surface area contributed by atoms with Gasteiger partial charge in [0.2, 0.25) is 0 Å². The highest BCUT2D eigenvalue weighted by atomic mass is 16.1. The van der Waals surface area contributed by atoms with Crippen molar-refractivity contribution in [1.29, 1.82) is 0 Å². The summed E-state index contributed by atoms with van der Waals surface area (Å²) < 4.78 is 1.95. The Morgan fingerprint density at radius 3 is 2.96 bits per heavy atom. The van der Waals surface area contributed by atoms with Crippen molar-refractivity contribution >= 4 is 5.91 Å². The highest BCUT2D eigenvalue weighted by Crippen LogP contribution is 2.19. The number of nitrogens with zero attached hydrogens (tertiary/aromatic N) is 4. The molecule has 0 aromatic carbocycles. The number of carbonyl (C=O) groups excluding carboxylic acids is 1. The first-order valence-electron chi connectivity index (χ1n) is 8.01. The molecule has 7 nitrogen and oxygen atoms in total. The van der Waals surface area contributed by atoms with E-state index in [4.69, 9.17) is 0 Å². The first-order valence-corrected chi connectivity index (χ1v) is 8.01. The van der Waals surface area contributed by atoms with E-state index in [1.807, 2.05) is 31.5 Å². The molecule has 1 aliphatic rings. The number of likely N-dealkylation sites (N-methyl/N-ethyl adjacent to an activating group) is 1. The van der Waals surface area contributed by atoms with Gasteiger partial charge in [-0.05, 0) is 33.9 Å². The van der Waals surface area contributed by atoms with Crippen molar-refractivity contribution in [2.75, 3.05) is 20.1 Å². The van der Waals surface area contributed by atoms with Gasteiger partial charge in [-0.1, -0.05) is 0 Å². The van der Waals surface area contributed by atoms with Crippen molar-refractivity contribution in [2.45, 2.75) is 39.8 Å². The fraction of sp³-hybridized carbons (Fsp3) is 0.562. The fourth-order valence-corrected chi connectivity index (χ4v) is 3.12. The molecule has 2 N–H and O–H groups in total. The maximum atomic E-state index is 12.5. The number of H-pyrrole nitrogens is 1. The second-order valence-corrected chi connectivity index (χ2v) is 6.45. The third-order valence-corrected chi connectivity index (χ3v) is 4.36. The summed E-state index contributed by atoms with van der Waals surface area (Å²) in [5.74, 6) is -0.119. The molecule has 124 valence electrons. The summed E-state index contributed by atoms with van der Waals surface area (Å²) in [7, 11) is 2.06. The van der Waals surface area contributed by atoms with Crippen LogP contribution in [0.1, 0.15) is 46.1 Å². The van der Waals surface area contributed by atoms with Crippen molar-refractivity contribution in [2.24, 2.45) is 0 Å². The molecule has 1 atom stereocenters. The molecule has 0 unspecified atom stereocenters. The lowest BCUT2D eigenvalue weighted by Gasteiger charge is -2.22. The fourth-order valence-electron chi connectivity index (χ4n) is 3.12. The SMILES string of the molecule is Cc1cc(C)n([C@@H](C)CNC(=O)c2n[nH]c3c2CN(C)CC3)n1. The zero-order valence-electron chi connectivity index (χ0n) is 14.2. The van der Waals surface area contributed by atoms with Crippen LogP contribution in [-0.2, 0) is 13.0 Å². The molecule has 0 bridgehead atoms. The largest absolute Gasteiger partial charge is 0.348 e. The van der Waals surface area contributed by atoms with Crippen molar-refractivity contribution in [3.8, 4) is 0 Å². The Balaban J connectivity index is 1.66. The average molecular weight is 316 g/mol. The van der Waals surface area contributed by atoms with Gasteiger partial charge in [-0.15, -0.1) is 0 Å². The number of aromatic amines is 1. The normalized spacial score (nSPS) is 16.2. The van der Waals surface area contributed by atoms with Gasteiger partial charge in [-0.25, -0.2) is 0 Å². The molecular weight excluding hydrogens is 292 g/mol. The second-order valence-electron chi connectivity index (χ2n) is 6.45. The Morgan fingerprint density at radius 2 is 2.26 bits per heavy atom. The number of nitrogens with one attached hydrogen (secondary N) is 2. The highest BCUT2D eigenvalue weighted by Gasteiger charge is 2.24. The third kappa shape index (κ3) is 3.14. The summed E-state index contributed by atoms with van der Waals surface area (Å²) in [6, 6.07) is 2.14. The first-order chi connectivity index (χ1) is 11.0. The molecule has 3 heterocycles. The number of rotatable bonds is 4. The van der Waals surface area contributed by atoms with E-state index in [1.165, 1.54) is 0 Å². The van der Waals surface area contributed by atoms with Crippen molar-refractivity contribution < 1.29 is 4.79 Å². The number of hydrogen-bond donors (Lipinski definition) is 2. The number of aryl methyl sites for hydroxylation is 2. The van der Waals surface area contributed by atoms with Gasteiger partial charge in [-0.2, -0.15) is 10.2 Å². The molecule has 2 aromatic heterocycles. The lowest BCUT2D eigenvalue weighted by molar-refractivity contribution is 0.0940. The summed E-state index contributed by atoms with van der Waals surface area (Å²) in [5.41, 5.74) is 4.72. The molecule has 3 rings (SSSR count). The minimum atomic E-state index is -0.119. The van der Waals surface area contributed by atoms with Gasteiger partial charge in [0, 0.05) is 43.0 Å². The molecular formula is C16H24N6O. The van der Waals surface area contributed by atoms with Gasteiger partial charge in [0.1, 0.15) is 0 Å². The molecule has 0 spiro atoms. The summed E-state index contributed by atoms with van der Waals surface area (Å²) in [6.45, 7) is 8.33. The third-order valence-electron chi connectivity index (χ3n) is 4.36. The maximum Gasteiger partial charge on any atom is 0.272 e. The van der Waals surface area contributed by atoms with E-state index in [0.717, 1.165) is 42.2 Å². The molecule has 0 radical (unpaired) electrons. The Labute approximate surface area is 136 Å². The molecule has 7 heteroatoms. The summed E-state index contributed by atoms with van der Waals surface area (Å²) in [5, 5.41) is 14.7. The summed E-state index contributed by atoms with van der Waals surface area (Å²) >= 11 is 0. The minimum absolute atomic E-state index is 0.102. The zero-order valence-corrected chi connectivity index (χ0v) is 14.2. The Bertz CT molecular complexity index is 716. The lowest BCUT2D eigenvalue weighted by Crippen LogP contribution is -2.32. The number of fused-ring (bicyclic) bond motifs is 1. The monoisotopic (exact) mass is 316 g/mol. The molecule has 1 amide bonds. The van der Waals surface area contributed by atoms with E-state index in [-0.39, 0.29) is 11.9 Å². The molecule has 1 aliphatic heterocycles. The standard InChI is InChI=1S/C16H24N6O/c1-10-7-11(2)22(20-10)12(3)8-17-16(23)15-13-9-21(4)6-5-14(13)18-19-15/h7,12H,5-6,8-9H2,1-4H3,(H,17,23)(H,18,19)/t12-/m0/s1. The van der Waals surface area contributed by atoms with Gasteiger partial charge in [0.15, 0.2) is 5.69 Å². The van der Waals surface area contributed by atoms with Crippen LogP contribution < -0.4 is 5.32 Å². The van der Waals surface area contributed by atoms with Crippen molar-refractivity contribution in [3.05, 3.63) is 34.4 Å². The predicted octanol–water partition coefficient (Wildman–Crippen LogP) is 1.20. The van der Waals surface area contributed by atoms with E-state index in [0.29, 0.717) is 12.2 Å². The zero-order chi connectivity index (χ0) is 16.6. The van der Waals surface area contributed by atoms with E-state index in [1.54, 1.807) is 0 Å². The van der Waals surface area contributed by atoms with Crippen LogP contribution in [0.2, 0.25) is 0 Å². The molecule has 0 saturated carbocycles. The van der Waals surface area contributed by atoms with Crippen LogP contribution in [0.4, 0.5) is 0 Å². The van der Waals surface area contributed by atoms with Crippen LogP contribution in [0.25, 0.3) is 0 Å². The van der Waals surface area contributed by atoms with E-state index in [9.17, 15) is 4.79 Å². The van der Waals surface area contributed by atoms with Crippen LogP contribution in [0.5, 0.6) is 0 Å². The quantitative estimate of drug-likeness (QED) is 0.888.